The molecule has 10 rings (SSSR count). The highest BCUT2D eigenvalue weighted by Crippen LogP contribution is 2.43. The molecule has 0 atom stereocenters. The van der Waals surface area contributed by atoms with Crippen molar-refractivity contribution in [3.63, 3.8) is 0 Å². The van der Waals surface area contributed by atoms with Gasteiger partial charge in [0.25, 0.3) is 0 Å². The summed E-state index contributed by atoms with van der Waals surface area (Å²) in [6, 6.07) is 66.9. The zero-order valence-corrected chi connectivity index (χ0v) is 29.2. The van der Waals surface area contributed by atoms with Crippen molar-refractivity contribution in [3.8, 4) is 45.3 Å². The van der Waals surface area contributed by atoms with Gasteiger partial charge < -0.3 is 9.32 Å². The number of hydrogen-bond acceptors (Lipinski definition) is 5. The van der Waals surface area contributed by atoms with Gasteiger partial charge in [-0.1, -0.05) is 133 Å². The van der Waals surface area contributed by atoms with Crippen LogP contribution in [-0.2, 0) is 0 Å². The SMILES string of the molecule is c1ccc(-c2nc(-c3ccccc3)nc(-c3ccc4oc5c(-c6ccc(N(c7ccccc7)c7ccccc7)cc6)c6ccccc6cc5c4c3)n2)cc1. The molecule has 0 aliphatic carbocycles. The number of para-hydroxylation sites is 2. The number of furan rings is 1. The van der Waals surface area contributed by atoms with Crippen LogP contribution in [0.15, 0.2) is 199 Å². The highest BCUT2D eigenvalue weighted by atomic mass is 16.3. The first kappa shape index (κ1) is 31.4. The Balaban J connectivity index is 1.12. The third kappa shape index (κ3) is 5.65. The molecule has 0 saturated heterocycles. The molecule has 5 heteroatoms. The Hall–Kier alpha value is -7.37. The second-order valence-electron chi connectivity index (χ2n) is 13.3. The summed E-state index contributed by atoms with van der Waals surface area (Å²) in [5.41, 5.74) is 9.84. The minimum Gasteiger partial charge on any atom is -0.455 e. The van der Waals surface area contributed by atoms with Gasteiger partial charge in [-0.2, -0.15) is 0 Å². The summed E-state index contributed by atoms with van der Waals surface area (Å²) >= 11 is 0. The highest BCUT2D eigenvalue weighted by molar-refractivity contribution is 6.18. The Morgan fingerprint density at radius 3 is 1.43 bits per heavy atom. The zero-order chi connectivity index (χ0) is 35.8. The monoisotopic (exact) mass is 692 g/mol. The Labute approximate surface area is 312 Å². The predicted molar refractivity (Wildman–Crippen MR) is 221 cm³/mol. The van der Waals surface area contributed by atoms with Gasteiger partial charge in [0.15, 0.2) is 17.5 Å². The average Bonchev–Trinajstić information content (AvgIpc) is 3.62. The zero-order valence-electron chi connectivity index (χ0n) is 29.2. The molecule has 10 aromatic rings. The van der Waals surface area contributed by atoms with E-state index in [2.05, 4.69) is 114 Å². The summed E-state index contributed by atoms with van der Waals surface area (Å²) in [7, 11) is 0. The van der Waals surface area contributed by atoms with Crippen molar-refractivity contribution in [1.82, 2.24) is 15.0 Å². The van der Waals surface area contributed by atoms with E-state index in [9.17, 15) is 0 Å². The number of anilines is 3. The fraction of sp³-hybridized carbons (Fsp3) is 0. The fourth-order valence-electron chi connectivity index (χ4n) is 7.32. The van der Waals surface area contributed by atoms with Crippen LogP contribution in [0.1, 0.15) is 0 Å². The van der Waals surface area contributed by atoms with Crippen molar-refractivity contribution in [2.45, 2.75) is 0 Å². The molecule has 0 radical (unpaired) electrons. The number of benzene rings is 8. The average molecular weight is 693 g/mol. The molecule has 0 fully saturated rings. The summed E-state index contributed by atoms with van der Waals surface area (Å²) < 4.78 is 6.78. The first-order valence-electron chi connectivity index (χ1n) is 18.0. The maximum absolute atomic E-state index is 6.78. The second-order valence-corrected chi connectivity index (χ2v) is 13.3. The van der Waals surface area contributed by atoms with Crippen LogP contribution in [-0.4, -0.2) is 15.0 Å². The number of nitrogens with zero attached hydrogens (tertiary/aromatic N) is 4. The molecule has 54 heavy (non-hydrogen) atoms. The molecule has 8 aromatic carbocycles. The molecule has 0 aliphatic heterocycles. The molecule has 0 aliphatic rings. The normalized spacial score (nSPS) is 11.3. The van der Waals surface area contributed by atoms with Gasteiger partial charge in [0.1, 0.15) is 11.2 Å². The van der Waals surface area contributed by atoms with Gasteiger partial charge in [0.2, 0.25) is 0 Å². The minimum absolute atomic E-state index is 0.608. The molecular weight excluding hydrogens is 661 g/mol. The third-order valence-corrected chi connectivity index (χ3v) is 9.88. The van der Waals surface area contributed by atoms with E-state index in [0.717, 1.165) is 77.6 Å². The van der Waals surface area contributed by atoms with E-state index in [1.54, 1.807) is 0 Å². The van der Waals surface area contributed by atoms with Crippen molar-refractivity contribution in [1.29, 1.82) is 0 Å². The molecular formula is C49H32N4O. The van der Waals surface area contributed by atoms with Gasteiger partial charge in [-0.3, -0.25) is 0 Å². The highest BCUT2D eigenvalue weighted by Gasteiger charge is 2.20. The van der Waals surface area contributed by atoms with E-state index in [4.69, 9.17) is 19.4 Å². The van der Waals surface area contributed by atoms with Crippen molar-refractivity contribution in [2.24, 2.45) is 0 Å². The number of aromatic nitrogens is 3. The molecule has 0 saturated carbocycles. The van der Waals surface area contributed by atoms with Crippen LogP contribution in [0.2, 0.25) is 0 Å². The van der Waals surface area contributed by atoms with E-state index in [1.807, 2.05) is 84.9 Å². The number of hydrogen-bond donors (Lipinski definition) is 0. The molecule has 2 aromatic heterocycles. The topological polar surface area (TPSA) is 55.1 Å². The van der Waals surface area contributed by atoms with E-state index >= 15 is 0 Å². The molecule has 0 unspecified atom stereocenters. The number of fused-ring (bicyclic) bond motifs is 4. The lowest BCUT2D eigenvalue weighted by Gasteiger charge is -2.25. The maximum atomic E-state index is 6.78. The van der Waals surface area contributed by atoms with Gasteiger partial charge >= 0.3 is 0 Å². The van der Waals surface area contributed by atoms with Crippen molar-refractivity contribution >= 4 is 49.8 Å². The van der Waals surface area contributed by atoms with Crippen molar-refractivity contribution in [3.05, 3.63) is 194 Å². The van der Waals surface area contributed by atoms with Gasteiger partial charge in [0, 0.05) is 50.1 Å². The first-order valence-corrected chi connectivity index (χ1v) is 18.0. The van der Waals surface area contributed by atoms with Crippen LogP contribution in [0, 0.1) is 0 Å². The lowest BCUT2D eigenvalue weighted by atomic mass is 9.94. The Bertz CT molecular complexity index is 2810. The van der Waals surface area contributed by atoms with E-state index < -0.39 is 0 Å². The predicted octanol–water partition coefficient (Wildman–Crippen LogP) is 13.1. The maximum Gasteiger partial charge on any atom is 0.164 e. The van der Waals surface area contributed by atoms with Crippen LogP contribution < -0.4 is 4.90 Å². The molecule has 2 heterocycles. The smallest absolute Gasteiger partial charge is 0.164 e. The summed E-state index contributed by atoms with van der Waals surface area (Å²) in [5, 5.41) is 4.33. The van der Waals surface area contributed by atoms with Crippen molar-refractivity contribution < 1.29 is 4.42 Å². The van der Waals surface area contributed by atoms with Crippen LogP contribution in [0.3, 0.4) is 0 Å². The molecule has 0 amide bonds. The molecule has 0 spiro atoms. The Morgan fingerprint density at radius 2 is 0.833 bits per heavy atom. The summed E-state index contributed by atoms with van der Waals surface area (Å²) in [6.07, 6.45) is 0. The lowest BCUT2D eigenvalue weighted by Crippen LogP contribution is -2.09. The molecule has 254 valence electrons. The van der Waals surface area contributed by atoms with Crippen LogP contribution in [0.4, 0.5) is 17.1 Å². The standard InChI is InChI=1S/C49H32N4O/c1-5-15-34(16-6-1)47-50-48(35-17-7-2-8-18-35)52-49(51-47)37-27-30-44-42(32-37)43-31-36-19-13-14-24-41(36)45(46(43)54-44)33-25-28-40(29-26-33)53(38-20-9-3-10-21-38)39-22-11-4-12-23-39/h1-32H. The van der Waals surface area contributed by atoms with Gasteiger partial charge in [0.05, 0.1) is 0 Å². The lowest BCUT2D eigenvalue weighted by molar-refractivity contribution is 0.670. The minimum atomic E-state index is 0.608. The molecule has 5 nitrogen and oxygen atoms in total. The second kappa shape index (κ2) is 13.3. The summed E-state index contributed by atoms with van der Waals surface area (Å²) in [4.78, 5) is 17.2. The van der Waals surface area contributed by atoms with E-state index in [-0.39, 0.29) is 0 Å². The van der Waals surface area contributed by atoms with Crippen molar-refractivity contribution in [2.75, 3.05) is 4.90 Å². The first-order chi connectivity index (χ1) is 26.8. The van der Waals surface area contributed by atoms with Crippen LogP contribution in [0.5, 0.6) is 0 Å². The number of rotatable bonds is 7. The quantitative estimate of drug-likeness (QED) is 0.166. The van der Waals surface area contributed by atoms with Gasteiger partial charge in [-0.05, 0) is 77.0 Å². The third-order valence-electron chi connectivity index (χ3n) is 9.88. The largest absolute Gasteiger partial charge is 0.455 e. The van der Waals surface area contributed by atoms with Gasteiger partial charge in [-0.25, -0.2) is 15.0 Å². The Kier molecular flexibility index (Phi) is 7.73. The van der Waals surface area contributed by atoms with Crippen LogP contribution in [0.25, 0.3) is 78.0 Å². The van der Waals surface area contributed by atoms with E-state index in [0.29, 0.717) is 17.5 Å². The summed E-state index contributed by atoms with van der Waals surface area (Å²) in [5.74, 6) is 1.87. The molecule has 0 N–H and O–H groups in total. The van der Waals surface area contributed by atoms with E-state index in [1.165, 1.54) is 0 Å². The Morgan fingerprint density at radius 1 is 0.352 bits per heavy atom. The van der Waals surface area contributed by atoms with Gasteiger partial charge in [-0.15, -0.1) is 0 Å². The fourth-order valence-corrected chi connectivity index (χ4v) is 7.32. The molecule has 0 bridgehead atoms. The van der Waals surface area contributed by atoms with Crippen LogP contribution >= 0.6 is 0 Å². The summed E-state index contributed by atoms with van der Waals surface area (Å²) in [6.45, 7) is 0.